The molecule has 0 bridgehead atoms. The molecule has 1 aromatic heterocycles. The summed E-state index contributed by atoms with van der Waals surface area (Å²) in [5.41, 5.74) is 7.71. The smallest absolute Gasteiger partial charge is 0.199 e. The molecule has 0 radical (unpaired) electrons. The number of halogens is 1. The van der Waals surface area contributed by atoms with Crippen molar-refractivity contribution in [3.8, 4) is 0 Å². The first kappa shape index (κ1) is 16.6. The van der Waals surface area contributed by atoms with Crippen LogP contribution in [0.3, 0.4) is 0 Å². The molecule has 9 heteroatoms. The highest BCUT2D eigenvalue weighted by Crippen LogP contribution is 2.40. The number of hydrogen-bond acceptors (Lipinski definition) is 7. The predicted molar refractivity (Wildman–Crippen MR) is 94.9 cm³/mol. The van der Waals surface area contributed by atoms with Gasteiger partial charge in [0.15, 0.2) is 5.96 Å². The van der Waals surface area contributed by atoms with E-state index in [1.165, 1.54) is 0 Å². The summed E-state index contributed by atoms with van der Waals surface area (Å²) in [5, 5.41) is 22.3. The molecule has 3 atom stereocenters. The van der Waals surface area contributed by atoms with Crippen LogP contribution in [0.2, 0.25) is 0 Å². The summed E-state index contributed by atoms with van der Waals surface area (Å²) in [4.78, 5) is 6.33. The topological polar surface area (TPSA) is 108 Å². The second-order valence-electron chi connectivity index (χ2n) is 5.83. The molecule has 8 nitrogen and oxygen atoms in total. The maximum Gasteiger partial charge on any atom is 0.199 e. The van der Waals surface area contributed by atoms with Crippen LogP contribution in [0.5, 0.6) is 0 Å². The number of guanidine groups is 1. The van der Waals surface area contributed by atoms with Gasteiger partial charge in [-0.1, -0.05) is 0 Å². The number of rotatable bonds is 3. The molecule has 0 unspecified atom stereocenters. The molecule has 0 aliphatic carbocycles. The molecule has 0 aromatic carbocycles. The fourth-order valence-corrected chi connectivity index (χ4v) is 3.65. The molecule has 0 spiro atoms. The Kier molecular flexibility index (Phi) is 4.54. The summed E-state index contributed by atoms with van der Waals surface area (Å²) in [6.07, 6.45) is 2.62. The average molecular weight is 433 g/mol. The SMILES string of the molecule is CN(C)C=C1NC(N)=Nc2c1c(I)cn2[C@H]1C[C@H](O)[C@@H](CO)O1. The quantitative estimate of drug-likeness (QED) is 0.506. The van der Waals surface area contributed by atoms with E-state index in [1.54, 1.807) is 0 Å². The molecular weight excluding hydrogens is 413 g/mol. The third-order valence-electron chi connectivity index (χ3n) is 3.80. The highest BCUT2D eigenvalue weighted by Gasteiger charge is 2.37. The Hall–Kier alpha value is -1.30. The van der Waals surface area contributed by atoms with Crippen molar-refractivity contribution >= 4 is 40.1 Å². The maximum atomic E-state index is 9.96. The Morgan fingerprint density at radius 2 is 2.35 bits per heavy atom. The van der Waals surface area contributed by atoms with Crippen molar-refractivity contribution < 1.29 is 14.9 Å². The van der Waals surface area contributed by atoms with Crippen molar-refractivity contribution in [3.05, 3.63) is 21.5 Å². The van der Waals surface area contributed by atoms with Crippen LogP contribution < -0.4 is 11.1 Å². The molecule has 5 N–H and O–H groups in total. The number of nitrogens with one attached hydrogen (secondary N) is 1. The van der Waals surface area contributed by atoms with Crippen molar-refractivity contribution in [2.24, 2.45) is 10.7 Å². The number of nitrogens with zero attached hydrogens (tertiary/aromatic N) is 3. The first-order valence-electron chi connectivity index (χ1n) is 7.25. The van der Waals surface area contributed by atoms with E-state index in [9.17, 15) is 10.2 Å². The van der Waals surface area contributed by atoms with Gasteiger partial charge in [-0.2, -0.15) is 4.99 Å². The number of aliphatic hydroxyl groups is 2. The molecular formula is C14H20IN5O3. The van der Waals surface area contributed by atoms with E-state index >= 15 is 0 Å². The Bertz CT molecular complexity index is 670. The van der Waals surface area contributed by atoms with Gasteiger partial charge in [-0.15, -0.1) is 0 Å². The van der Waals surface area contributed by atoms with Gasteiger partial charge in [-0.05, 0) is 22.6 Å². The summed E-state index contributed by atoms with van der Waals surface area (Å²) in [6, 6.07) is 0. The minimum atomic E-state index is -0.694. The molecule has 1 fully saturated rings. The second-order valence-corrected chi connectivity index (χ2v) is 6.99. The van der Waals surface area contributed by atoms with E-state index in [0.29, 0.717) is 18.2 Å². The molecule has 23 heavy (non-hydrogen) atoms. The number of nitrogens with two attached hydrogens (primary N) is 1. The first-order valence-corrected chi connectivity index (χ1v) is 8.33. The minimum absolute atomic E-state index is 0.211. The lowest BCUT2D eigenvalue weighted by Crippen LogP contribution is -2.33. The third kappa shape index (κ3) is 3.05. The van der Waals surface area contributed by atoms with Gasteiger partial charge < -0.3 is 35.5 Å². The highest BCUT2D eigenvalue weighted by atomic mass is 127. The van der Waals surface area contributed by atoms with Crippen molar-refractivity contribution in [3.63, 3.8) is 0 Å². The molecule has 3 rings (SSSR count). The lowest BCUT2D eigenvalue weighted by Gasteiger charge is -2.21. The van der Waals surface area contributed by atoms with E-state index in [4.69, 9.17) is 10.5 Å². The zero-order valence-electron chi connectivity index (χ0n) is 12.9. The maximum absolute atomic E-state index is 9.96. The van der Waals surface area contributed by atoms with Crippen LogP contribution in [0.25, 0.3) is 5.70 Å². The first-order chi connectivity index (χ1) is 10.9. The van der Waals surface area contributed by atoms with Crippen LogP contribution in [-0.4, -0.2) is 58.5 Å². The van der Waals surface area contributed by atoms with Crippen molar-refractivity contribution in [1.82, 2.24) is 14.8 Å². The highest BCUT2D eigenvalue weighted by molar-refractivity contribution is 14.1. The average Bonchev–Trinajstić information content (AvgIpc) is 2.98. The standard InChI is InChI=1S/C14H20IN5O3/c1-19(2)5-8-12-7(15)4-20(13(12)18-14(16)17-8)11-3-9(22)10(6-21)23-11/h4-5,9-11,21-22H,3,6H2,1-2H3,(H3,16,17,18)/t9-,10+,11+/m0/s1. The zero-order chi connectivity index (χ0) is 16.7. The van der Waals surface area contributed by atoms with Crippen LogP contribution in [-0.2, 0) is 4.74 Å². The van der Waals surface area contributed by atoms with E-state index < -0.39 is 12.2 Å². The molecule has 3 heterocycles. The molecule has 0 saturated carbocycles. The van der Waals surface area contributed by atoms with Crippen LogP contribution >= 0.6 is 22.6 Å². The summed E-state index contributed by atoms with van der Waals surface area (Å²) in [6.45, 7) is -0.211. The molecule has 1 saturated heterocycles. The van der Waals surface area contributed by atoms with E-state index in [1.807, 2.05) is 36.0 Å². The Balaban J connectivity index is 2.03. The molecule has 1 aromatic rings. The zero-order valence-corrected chi connectivity index (χ0v) is 15.1. The van der Waals surface area contributed by atoms with Crippen LogP contribution in [0.1, 0.15) is 18.2 Å². The van der Waals surface area contributed by atoms with Crippen LogP contribution in [0.4, 0.5) is 5.82 Å². The molecule has 0 amide bonds. The van der Waals surface area contributed by atoms with E-state index in [0.717, 1.165) is 14.8 Å². The lowest BCUT2D eigenvalue weighted by molar-refractivity contribution is -0.0437. The fraction of sp³-hybridized carbons (Fsp3) is 0.500. The number of aliphatic hydroxyl groups excluding tert-OH is 2. The van der Waals surface area contributed by atoms with Crippen LogP contribution in [0.15, 0.2) is 17.4 Å². The second kappa shape index (κ2) is 6.30. The van der Waals surface area contributed by atoms with Gasteiger partial charge in [-0.25, -0.2) is 0 Å². The number of aliphatic imine (C=N–C) groups is 1. The largest absolute Gasteiger partial charge is 0.394 e. The van der Waals surface area contributed by atoms with E-state index in [-0.39, 0.29) is 12.8 Å². The predicted octanol–water partition coefficient (Wildman–Crippen LogP) is 0.143. The van der Waals surface area contributed by atoms with Gasteiger partial charge in [0, 0.05) is 36.5 Å². The van der Waals surface area contributed by atoms with Crippen molar-refractivity contribution in [2.75, 3.05) is 20.7 Å². The van der Waals surface area contributed by atoms with Crippen molar-refractivity contribution in [2.45, 2.75) is 24.9 Å². The van der Waals surface area contributed by atoms with Crippen molar-refractivity contribution in [1.29, 1.82) is 0 Å². The summed E-state index contributed by atoms with van der Waals surface area (Å²) >= 11 is 2.24. The number of aromatic nitrogens is 1. The minimum Gasteiger partial charge on any atom is -0.394 e. The number of ether oxygens (including phenoxy) is 1. The Morgan fingerprint density at radius 3 is 2.96 bits per heavy atom. The van der Waals surface area contributed by atoms with Gasteiger partial charge in [0.05, 0.1) is 24.0 Å². The van der Waals surface area contributed by atoms with Gasteiger partial charge in [0.2, 0.25) is 0 Å². The normalized spacial score (nSPS) is 28.5. The summed E-state index contributed by atoms with van der Waals surface area (Å²) in [5.74, 6) is 0.994. The third-order valence-corrected chi connectivity index (χ3v) is 4.62. The molecule has 126 valence electrons. The van der Waals surface area contributed by atoms with Gasteiger partial charge in [0.25, 0.3) is 0 Å². The molecule has 2 aliphatic heterocycles. The van der Waals surface area contributed by atoms with Crippen LogP contribution in [0, 0.1) is 3.57 Å². The summed E-state index contributed by atoms with van der Waals surface area (Å²) in [7, 11) is 3.87. The molecule has 2 aliphatic rings. The Morgan fingerprint density at radius 1 is 1.61 bits per heavy atom. The van der Waals surface area contributed by atoms with E-state index in [2.05, 4.69) is 32.9 Å². The monoisotopic (exact) mass is 433 g/mol. The fourth-order valence-electron chi connectivity index (χ4n) is 2.81. The van der Waals surface area contributed by atoms with Gasteiger partial charge in [0.1, 0.15) is 18.1 Å². The summed E-state index contributed by atoms with van der Waals surface area (Å²) < 4.78 is 8.61. The lowest BCUT2D eigenvalue weighted by atomic mass is 10.2. The number of hydrogen-bond donors (Lipinski definition) is 4. The van der Waals surface area contributed by atoms with Gasteiger partial charge in [-0.3, -0.25) is 0 Å². The number of fused-ring (bicyclic) bond motifs is 1. The Labute approximate surface area is 147 Å². The van der Waals surface area contributed by atoms with Gasteiger partial charge >= 0.3 is 0 Å².